The number of aryl methyl sites for hydroxylation is 1. The number of thiophene rings is 1. The van der Waals surface area contributed by atoms with Gasteiger partial charge in [-0.25, -0.2) is 0 Å². The van der Waals surface area contributed by atoms with Gasteiger partial charge in [0.15, 0.2) is 0 Å². The van der Waals surface area contributed by atoms with Crippen molar-refractivity contribution in [2.45, 2.75) is 25.8 Å². The molecule has 1 aromatic carbocycles. The summed E-state index contributed by atoms with van der Waals surface area (Å²) in [6.07, 6.45) is 2.24. The molecule has 0 aliphatic rings. The molecule has 0 fully saturated rings. The maximum Gasteiger partial charge on any atom is 0.0334 e. The van der Waals surface area contributed by atoms with E-state index < -0.39 is 0 Å². The quantitative estimate of drug-likeness (QED) is 0.667. The molecule has 1 heterocycles. The maximum atomic E-state index is 3.67. The zero-order valence-electron chi connectivity index (χ0n) is 10.8. The molecule has 1 N–H and O–H groups in total. The Kier molecular flexibility index (Phi) is 6.07. The SMILES string of the molecule is CCNC(CCc1cccs1)c1ccc(Br)cc1Br. The minimum absolute atomic E-state index is 0.398. The molecule has 0 aliphatic carbocycles. The summed E-state index contributed by atoms with van der Waals surface area (Å²) in [4.78, 5) is 1.45. The summed E-state index contributed by atoms with van der Waals surface area (Å²) in [6, 6.07) is 11.1. The van der Waals surface area contributed by atoms with E-state index in [-0.39, 0.29) is 0 Å². The highest BCUT2D eigenvalue weighted by Gasteiger charge is 2.14. The first-order chi connectivity index (χ1) is 9.20. The van der Waals surface area contributed by atoms with Crippen LogP contribution in [0.3, 0.4) is 0 Å². The van der Waals surface area contributed by atoms with Crippen molar-refractivity contribution in [3.8, 4) is 0 Å². The Balaban J connectivity index is 2.10. The van der Waals surface area contributed by atoms with Gasteiger partial charge < -0.3 is 5.32 Å². The second-order valence-electron chi connectivity index (χ2n) is 4.39. The normalized spacial score (nSPS) is 12.6. The highest BCUT2D eigenvalue weighted by molar-refractivity contribution is 9.11. The predicted octanol–water partition coefficient (Wildman–Crippen LogP) is 5.56. The first-order valence-corrected chi connectivity index (χ1v) is 8.88. The van der Waals surface area contributed by atoms with Crippen molar-refractivity contribution in [2.24, 2.45) is 0 Å². The molecule has 1 unspecified atom stereocenters. The monoisotopic (exact) mass is 401 g/mol. The van der Waals surface area contributed by atoms with Crippen LogP contribution < -0.4 is 5.32 Å². The van der Waals surface area contributed by atoms with Crippen molar-refractivity contribution in [2.75, 3.05) is 6.54 Å². The van der Waals surface area contributed by atoms with Crippen LogP contribution in [0, 0.1) is 0 Å². The van der Waals surface area contributed by atoms with Gasteiger partial charge in [0.1, 0.15) is 0 Å². The third-order valence-corrected chi connectivity index (χ3v) is 5.16. The van der Waals surface area contributed by atoms with E-state index in [0.717, 1.165) is 23.9 Å². The summed E-state index contributed by atoms with van der Waals surface area (Å²) in [7, 11) is 0. The van der Waals surface area contributed by atoms with Crippen molar-refractivity contribution >= 4 is 43.2 Å². The van der Waals surface area contributed by atoms with E-state index in [1.54, 1.807) is 0 Å². The summed E-state index contributed by atoms with van der Waals surface area (Å²) in [5.41, 5.74) is 1.33. The fraction of sp³-hybridized carbons (Fsp3) is 0.333. The van der Waals surface area contributed by atoms with Gasteiger partial charge in [0.2, 0.25) is 0 Å². The lowest BCUT2D eigenvalue weighted by Crippen LogP contribution is -2.21. The second-order valence-corrected chi connectivity index (χ2v) is 7.20. The summed E-state index contributed by atoms with van der Waals surface area (Å²) in [5.74, 6) is 0. The van der Waals surface area contributed by atoms with E-state index >= 15 is 0 Å². The van der Waals surface area contributed by atoms with E-state index in [9.17, 15) is 0 Å². The molecule has 0 saturated carbocycles. The predicted molar refractivity (Wildman–Crippen MR) is 90.9 cm³/mol. The molecule has 0 spiro atoms. The number of nitrogens with one attached hydrogen (secondary N) is 1. The molecule has 0 radical (unpaired) electrons. The van der Waals surface area contributed by atoms with Crippen LogP contribution in [-0.4, -0.2) is 6.54 Å². The number of rotatable bonds is 6. The number of hydrogen-bond acceptors (Lipinski definition) is 2. The van der Waals surface area contributed by atoms with Crippen LogP contribution in [-0.2, 0) is 6.42 Å². The zero-order chi connectivity index (χ0) is 13.7. The summed E-state index contributed by atoms with van der Waals surface area (Å²) in [5, 5.41) is 5.73. The third-order valence-electron chi connectivity index (χ3n) is 3.05. The highest BCUT2D eigenvalue weighted by Crippen LogP contribution is 2.29. The molecule has 0 amide bonds. The van der Waals surface area contributed by atoms with Gasteiger partial charge in [0.05, 0.1) is 0 Å². The lowest BCUT2D eigenvalue weighted by Gasteiger charge is -2.19. The van der Waals surface area contributed by atoms with Crippen molar-refractivity contribution < 1.29 is 0 Å². The molecule has 0 saturated heterocycles. The molecular formula is C15H17Br2NS. The summed E-state index contributed by atoms with van der Waals surface area (Å²) in [6.45, 7) is 3.14. The summed E-state index contributed by atoms with van der Waals surface area (Å²) >= 11 is 9.01. The first kappa shape index (κ1) is 15.2. The molecule has 1 aromatic heterocycles. The molecule has 0 aliphatic heterocycles. The van der Waals surface area contributed by atoms with Gasteiger partial charge in [-0.2, -0.15) is 0 Å². The van der Waals surface area contributed by atoms with Gasteiger partial charge in [-0.15, -0.1) is 11.3 Å². The van der Waals surface area contributed by atoms with Crippen molar-refractivity contribution in [3.05, 3.63) is 55.1 Å². The molecule has 2 rings (SSSR count). The largest absolute Gasteiger partial charge is 0.310 e. The minimum Gasteiger partial charge on any atom is -0.310 e. The molecule has 19 heavy (non-hydrogen) atoms. The minimum atomic E-state index is 0.398. The Labute approximate surface area is 135 Å². The third kappa shape index (κ3) is 4.42. The molecule has 4 heteroatoms. The average molecular weight is 403 g/mol. The molecule has 1 atom stereocenters. The lowest BCUT2D eigenvalue weighted by atomic mass is 10.0. The van der Waals surface area contributed by atoms with E-state index in [4.69, 9.17) is 0 Å². The van der Waals surface area contributed by atoms with Crippen molar-refractivity contribution in [1.29, 1.82) is 0 Å². The van der Waals surface area contributed by atoms with E-state index in [1.807, 2.05) is 11.3 Å². The van der Waals surface area contributed by atoms with E-state index in [2.05, 4.69) is 79.8 Å². The molecule has 102 valence electrons. The van der Waals surface area contributed by atoms with Crippen LogP contribution in [0.25, 0.3) is 0 Å². The second kappa shape index (κ2) is 7.58. The maximum absolute atomic E-state index is 3.67. The molecule has 2 aromatic rings. The highest BCUT2D eigenvalue weighted by atomic mass is 79.9. The Morgan fingerprint density at radius 1 is 1.26 bits per heavy atom. The summed E-state index contributed by atoms with van der Waals surface area (Å²) < 4.78 is 2.27. The Morgan fingerprint density at radius 2 is 2.11 bits per heavy atom. The van der Waals surface area contributed by atoms with Crippen LogP contribution in [0.5, 0.6) is 0 Å². The Hall–Kier alpha value is -0.160. The Morgan fingerprint density at radius 3 is 2.74 bits per heavy atom. The molecular weight excluding hydrogens is 386 g/mol. The lowest BCUT2D eigenvalue weighted by molar-refractivity contribution is 0.515. The van der Waals surface area contributed by atoms with Gasteiger partial charge in [0, 0.05) is 19.9 Å². The zero-order valence-corrected chi connectivity index (χ0v) is 14.8. The fourth-order valence-electron chi connectivity index (χ4n) is 2.14. The molecule has 0 bridgehead atoms. The van der Waals surface area contributed by atoms with Crippen molar-refractivity contribution in [3.63, 3.8) is 0 Å². The van der Waals surface area contributed by atoms with Gasteiger partial charge >= 0.3 is 0 Å². The topological polar surface area (TPSA) is 12.0 Å². The number of halogens is 2. The van der Waals surface area contributed by atoms with E-state index in [1.165, 1.54) is 14.9 Å². The van der Waals surface area contributed by atoms with Crippen LogP contribution in [0.2, 0.25) is 0 Å². The number of benzene rings is 1. The van der Waals surface area contributed by atoms with Gasteiger partial charge in [-0.3, -0.25) is 0 Å². The van der Waals surface area contributed by atoms with Crippen LogP contribution in [0.4, 0.5) is 0 Å². The Bertz CT molecular complexity index is 511. The van der Waals surface area contributed by atoms with E-state index in [0.29, 0.717) is 6.04 Å². The van der Waals surface area contributed by atoms with Gasteiger partial charge in [0.25, 0.3) is 0 Å². The molecule has 1 nitrogen and oxygen atoms in total. The average Bonchev–Trinajstić information content (AvgIpc) is 2.88. The number of hydrogen-bond donors (Lipinski definition) is 1. The van der Waals surface area contributed by atoms with Crippen LogP contribution in [0.1, 0.15) is 29.8 Å². The smallest absolute Gasteiger partial charge is 0.0334 e. The van der Waals surface area contributed by atoms with Crippen LogP contribution >= 0.6 is 43.2 Å². The fourth-order valence-corrected chi connectivity index (χ4v) is 4.19. The van der Waals surface area contributed by atoms with Crippen molar-refractivity contribution in [1.82, 2.24) is 5.32 Å². The van der Waals surface area contributed by atoms with Gasteiger partial charge in [-0.05, 0) is 48.5 Å². The standard InChI is InChI=1S/C15H17Br2NS/c1-2-18-15(8-6-12-4-3-9-19-12)13-7-5-11(16)10-14(13)17/h3-5,7,9-10,15,18H,2,6,8H2,1H3. The van der Waals surface area contributed by atoms with Crippen LogP contribution in [0.15, 0.2) is 44.7 Å². The first-order valence-electron chi connectivity index (χ1n) is 6.41. The van der Waals surface area contributed by atoms with Gasteiger partial charge in [-0.1, -0.05) is 50.9 Å².